The van der Waals surface area contributed by atoms with Gasteiger partial charge in [-0.15, -0.1) is 0 Å². The summed E-state index contributed by atoms with van der Waals surface area (Å²) >= 11 is 3.17. The minimum Gasteiger partial charge on any atom is -0.298 e. The zero-order chi connectivity index (χ0) is 16.3. The molecule has 0 saturated heterocycles. The van der Waals surface area contributed by atoms with E-state index >= 15 is 0 Å². The molecule has 4 nitrogen and oxygen atoms in total. The molecule has 0 aliphatic rings. The molecule has 0 unspecified atom stereocenters. The maximum absolute atomic E-state index is 14.3. The first-order chi connectivity index (χ1) is 10.5. The second-order valence-electron chi connectivity index (χ2n) is 4.34. The van der Waals surface area contributed by atoms with E-state index in [2.05, 4.69) is 15.9 Å². The fourth-order valence-electron chi connectivity index (χ4n) is 1.98. The van der Waals surface area contributed by atoms with Crippen molar-refractivity contribution in [2.45, 2.75) is 0 Å². The third-order valence-corrected chi connectivity index (χ3v) is 3.58. The quantitative estimate of drug-likeness (QED) is 0.604. The molecule has 0 spiro atoms. The smallest absolute Gasteiger partial charge is 0.196 e. The lowest BCUT2D eigenvalue weighted by Crippen LogP contribution is -2.10. The molecule has 22 heavy (non-hydrogen) atoms. The Bertz CT molecular complexity index is 799. The molecule has 0 aromatic heterocycles. The highest BCUT2D eigenvalue weighted by molar-refractivity contribution is 9.10. The van der Waals surface area contributed by atoms with Gasteiger partial charge in [0, 0.05) is 21.2 Å². The molecule has 0 radical (unpaired) electrons. The van der Waals surface area contributed by atoms with Crippen molar-refractivity contribution in [2.24, 2.45) is 0 Å². The Kier molecular flexibility index (Phi) is 4.72. The average Bonchev–Trinajstić information content (AvgIpc) is 2.53. The number of hydrogen-bond acceptors (Lipinski definition) is 4. The normalized spacial score (nSPS) is 10.1. The Labute approximate surface area is 133 Å². The number of halogens is 2. The van der Waals surface area contributed by atoms with Crippen molar-refractivity contribution in [1.29, 1.82) is 0 Å². The Morgan fingerprint density at radius 2 is 1.55 bits per heavy atom. The third kappa shape index (κ3) is 2.78. The van der Waals surface area contributed by atoms with Gasteiger partial charge >= 0.3 is 0 Å². The Balaban J connectivity index is 2.65. The van der Waals surface area contributed by atoms with Crippen LogP contribution in [-0.4, -0.2) is 24.6 Å². The molecule has 2 aromatic rings. The van der Waals surface area contributed by atoms with Crippen LogP contribution in [0.25, 0.3) is 0 Å². The summed E-state index contributed by atoms with van der Waals surface area (Å²) in [5, 5.41) is 0. The van der Waals surface area contributed by atoms with E-state index in [0.717, 1.165) is 6.07 Å². The first kappa shape index (κ1) is 15.9. The van der Waals surface area contributed by atoms with Crippen LogP contribution in [0.2, 0.25) is 0 Å². The molecule has 6 heteroatoms. The number of carbonyl (C=O) groups excluding carboxylic acids is 4. The molecule has 0 saturated carbocycles. The number of benzene rings is 2. The molecule has 0 atom stereocenters. The van der Waals surface area contributed by atoms with E-state index in [1.165, 1.54) is 18.2 Å². The molecular formula is C16H8BrFO4. The molecule has 0 bridgehead atoms. The summed E-state index contributed by atoms with van der Waals surface area (Å²) in [7, 11) is 0. The maximum atomic E-state index is 14.3. The van der Waals surface area contributed by atoms with Crippen LogP contribution < -0.4 is 0 Å². The highest BCUT2D eigenvalue weighted by Gasteiger charge is 2.21. The van der Waals surface area contributed by atoms with Crippen molar-refractivity contribution in [3.05, 3.63) is 68.4 Å². The number of rotatable bonds is 5. The van der Waals surface area contributed by atoms with Gasteiger partial charge in [0.1, 0.15) is 5.82 Å². The van der Waals surface area contributed by atoms with Gasteiger partial charge in [0.15, 0.2) is 24.6 Å². The summed E-state index contributed by atoms with van der Waals surface area (Å²) in [6.45, 7) is 0. The van der Waals surface area contributed by atoms with E-state index in [4.69, 9.17) is 0 Å². The van der Waals surface area contributed by atoms with Crippen LogP contribution in [0, 0.1) is 5.82 Å². The monoisotopic (exact) mass is 362 g/mol. The molecule has 0 amide bonds. The van der Waals surface area contributed by atoms with Gasteiger partial charge in [-0.05, 0) is 24.3 Å². The van der Waals surface area contributed by atoms with Crippen LogP contribution in [0.4, 0.5) is 4.39 Å². The topological polar surface area (TPSA) is 68.3 Å². The van der Waals surface area contributed by atoms with Crippen LogP contribution in [0.5, 0.6) is 0 Å². The lowest BCUT2D eigenvalue weighted by molar-refractivity contribution is 0.102. The van der Waals surface area contributed by atoms with Crippen molar-refractivity contribution in [3.63, 3.8) is 0 Å². The van der Waals surface area contributed by atoms with Gasteiger partial charge in [-0.25, -0.2) is 4.39 Å². The van der Waals surface area contributed by atoms with Gasteiger partial charge in [-0.1, -0.05) is 22.0 Å². The predicted octanol–water partition coefficient (Wildman–Crippen LogP) is 3.26. The molecule has 0 N–H and O–H groups in total. The fourth-order valence-corrected chi connectivity index (χ4v) is 2.34. The summed E-state index contributed by atoms with van der Waals surface area (Å²) in [6.07, 6.45) is 0.992. The van der Waals surface area contributed by atoms with Gasteiger partial charge in [0.2, 0.25) is 0 Å². The highest BCUT2D eigenvalue weighted by Crippen LogP contribution is 2.22. The van der Waals surface area contributed by atoms with Gasteiger partial charge in [0.25, 0.3) is 0 Å². The number of hydrogen-bond donors (Lipinski definition) is 0. The molecule has 0 heterocycles. The molecule has 0 fully saturated rings. The number of ketones is 1. The second-order valence-corrected chi connectivity index (χ2v) is 5.26. The van der Waals surface area contributed by atoms with Crippen molar-refractivity contribution in [2.75, 3.05) is 0 Å². The van der Waals surface area contributed by atoms with Crippen LogP contribution in [0.3, 0.4) is 0 Å². The summed E-state index contributed by atoms with van der Waals surface area (Å²) in [6, 6.07) is 6.68. The van der Waals surface area contributed by atoms with E-state index in [9.17, 15) is 23.6 Å². The van der Waals surface area contributed by atoms with E-state index in [1.807, 2.05) is 0 Å². The van der Waals surface area contributed by atoms with Crippen molar-refractivity contribution in [1.82, 2.24) is 0 Å². The van der Waals surface area contributed by atoms with Crippen LogP contribution in [0.1, 0.15) is 47.0 Å². The highest BCUT2D eigenvalue weighted by atomic mass is 79.9. The van der Waals surface area contributed by atoms with Crippen LogP contribution >= 0.6 is 15.9 Å². The lowest BCUT2D eigenvalue weighted by Gasteiger charge is -2.08. The molecule has 110 valence electrons. The number of aldehydes is 3. The molecule has 0 aliphatic heterocycles. The van der Waals surface area contributed by atoms with Gasteiger partial charge in [0.05, 0.1) is 11.1 Å². The summed E-state index contributed by atoms with van der Waals surface area (Å²) in [5.41, 5.74) is -0.912. The van der Waals surface area contributed by atoms with E-state index in [0.29, 0.717) is 17.0 Å². The largest absolute Gasteiger partial charge is 0.298 e. The van der Waals surface area contributed by atoms with E-state index in [1.54, 1.807) is 6.07 Å². The van der Waals surface area contributed by atoms with Crippen LogP contribution in [-0.2, 0) is 0 Å². The van der Waals surface area contributed by atoms with E-state index < -0.39 is 17.2 Å². The van der Waals surface area contributed by atoms with Crippen molar-refractivity contribution < 1.29 is 23.6 Å². The third-order valence-electron chi connectivity index (χ3n) is 3.09. The SMILES string of the molecule is O=Cc1ccc(Br)cc1C(=O)c1ccc(C=O)c(C=O)c1F. The number of carbonyl (C=O) groups is 4. The lowest BCUT2D eigenvalue weighted by atomic mass is 9.95. The minimum absolute atomic E-state index is 0.000947. The first-order valence-corrected chi connectivity index (χ1v) is 6.85. The van der Waals surface area contributed by atoms with Gasteiger partial charge < -0.3 is 0 Å². The van der Waals surface area contributed by atoms with Crippen molar-refractivity contribution in [3.8, 4) is 0 Å². The van der Waals surface area contributed by atoms with Crippen molar-refractivity contribution >= 4 is 40.6 Å². The van der Waals surface area contributed by atoms with Gasteiger partial charge in [-0.2, -0.15) is 0 Å². The Morgan fingerprint density at radius 1 is 0.909 bits per heavy atom. The molecular weight excluding hydrogens is 355 g/mol. The predicted molar refractivity (Wildman–Crippen MR) is 80.1 cm³/mol. The summed E-state index contributed by atoms with van der Waals surface area (Å²) in [4.78, 5) is 45.2. The Hall–Kier alpha value is -2.47. The minimum atomic E-state index is -1.08. The summed E-state index contributed by atoms with van der Waals surface area (Å²) in [5.74, 6) is -1.83. The fraction of sp³-hybridized carbons (Fsp3) is 0. The standard InChI is InChI=1S/C16H8BrFO4/c17-11-3-1-9(6-19)13(5-11)16(22)12-4-2-10(7-20)14(8-21)15(12)18/h1-8H. The molecule has 2 aromatic carbocycles. The Morgan fingerprint density at radius 3 is 2.14 bits per heavy atom. The average molecular weight is 363 g/mol. The zero-order valence-corrected chi connectivity index (χ0v) is 12.6. The first-order valence-electron chi connectivity index (χ1n) is 6.05. The maximum Gasteiger partial charge on any atom is 0.196 e. The van der Waals surface area contributed by atoms with Crippen LogP contribution in [0.15, 0.2) is 34.8 Å². The zero-order valence-electron chi connectivity index (χ0n) is 11.0. The molecule has 0 aliphatic carbocycles. The molecule has 2 rings (SSSR count). The van der Waals surface area contributed by atoms with Gasteiger partial charge in [-0.3, -0.25) is 19.2 Å². The summed E-state index contributed by atoms with van der Waals surface area (Å²) < 4.78 is 14.8. The van der Waals surface area contributed by atoms with E-state index in [-0.39, 0.29) is 28.5 Å². The second kappa shape index (κ2) is 6.53.